The fourth-order valence-corrected chi connectivity index (χ4v) is 1.99. The van der Waals surface area contributed by atoms with E-state index in [0.717, 1.165) is 0 Å². The lowest BCUT2D eigenvalue weighted by atomic mass is 10.1. The molecule has 1 N–H and O–H groups in total. The molecule has 0 aliphatic rings. The van der Waals surface area contributed by atoms with Gasteiger partial charge in [-0.15, -0.1) is 0 Å². The number of amides is 1. The van der Waals surface area contributed by atoms with Crippen molar-refractivity contribution in [2.24, 2.45) is 5.10 Å². The van der Waals surface area contributed by atoms with E-state index < -0.39 is 21.7 Å². The van der Waals surface area contributed by atoms with Crippen LogP contribution in [-0.4, -0.2) is 36.2 Å². The van der Waals surface area contributed by atoms with Crippen LogP contribution < -0.4 is 5.43 Å². The zero-order valence-corrected chi connectivity index (χ0v) is 13.2. The smallest absolute Gasteiger partial charge is 0.390 e. The molecule has 1 aromatic carbocycles. The normalized spacial score (nSPS) is 11.2. The van der Waals surface area contributed by atoms with Gasteiger partial charge < -0.3 is 10.1 Å². The second-order valence-electron chi connectivity index (χ2n) is 4.99. The Bertz CT molecular complexity index is 873. The van der Waals surface area contributed by atoms with Crippen molar-refractivity contribution in [1.82, 2.24) is 20.2 Å². The summed E-state index contributed by atoms with van der Waals surface area (Å²) in [6, 6.07) is 4.16. The third kappa shape index (κ3) is 4.19. The van der Waals surface area contributed by atoms with Crippen LogP contribution in [0.2, 0.25) is 0 Å². The highest BCUT2D eigenvalue weighted by atomic mass is 16.6. The predicted molar refractivity (Wildman–Crippen MR) is 85.1 cm³/mol. The molecule has 0 atom stereocenters. The molecule has 2 rings (SSSR count). The number of hydrogen-bond acceptors (Lipinski definition) is 8. The number of nitrogens with zero attached hydrogens (tertiary/aromatic N) is 6. The SMILES string of the molecule is CC(Cn1cnc([N+](=O)[O-])n1)=NNC(=O)c1cccc([N+](=O)[O-])c1C. The highest BCUT2D eigenvalue weighted by molar-refractivity contribution is 5.97. The third-order valence-corrected chi connectivity index (χ3v) is 3.17. The summed E-state index contributed by atoms with van der Waals surface area (Å²) in [5.41, 5.74) is 2.88. The van der Waals surface area contributed by atoms with Crippen molar-refractivity contribution in [2.75, 3.05) is 0 Å². The van der Waals surface area contributed by atoms with Crippen LogP contribution in [0.5, 0.6) is 0 Å². The van der Waals surface area contributed by atoms with Crippen LogP contribution in [0.15, 0.2) is 29.6 Å². The van der Waals surface area contributed by atoms with Crippen LogP contribution in [0.3, 0.4) is 0 Å². The maximum Gasteiger partial charge on any atom is 0.490 e. The van der Waals surface area contributed by atoms with Gasteiger partial charge in [0.2, 0.25) is 6.33 Å². The minimum absolute atomic E-state index is 0.0784. The van der Waals surface area contributed by atoms with Gasteiger partial charge in [0, 0.05) is 16.7 Å². The van der Waals surface area contributed by atoms with Crippen LogP contribution in [0.4, 0.5) is 11.6 Å². The average Bonchev–Trinajstić information content (AvgIpc) is 3.01. The molecule has 12 heteroatoms. The summed E-state index contributed by atoms with van der Waals surface area (Å²) in [6.45, 7) is 3.13. The lowest BCUT2D eigenvalue weighted by Crippen LogP contribution is -2.21. The van der Waals surface area contributed by atoms with E-state index in [2.05, 4.69) is 20.6 Å². The first-order chi connectivity index (χ1) is 11.8. The van der Waals surface area contributed by atoms with Crippen LogP contribution in [-0.2, 0) is 6.54 Å². The number of hydrazone groups is 1. The third-order valence-electron chi connectivity index (χ3n) is 3.17. The van der Waals surface area contributed by atoms with E-state index >= 15 is 0 Å². The van der Waals surface area contributed by atoms with E-state index in [4.69, 9.17) is 0 Å². The van der Waals surface area contributed by atoms with Gasteiger partial charge in [-0.25, -0.2) is 5.43 Å². The molecule has 0 saturated carbocycles. The fourth-order valence-electron chi connectivity index (χ4n) is 1.99. The molecule has 25 heavy (non-hydrogen) atoms. The molecule has 0 radical (unpaired) electrons. The maximum atomic E-state index is 12.1. The molecule has 1 amide bonds. The summed E-state index contributed by atoms with van der Waals surface area (Å²) in [6.07, 6.45) is 1.17. The van der Waals surface area contributed by atoms with E-state index in [-0.39, 0.29) is 23.4 Å². The van der Waals surface area contributed by atoms with Crippen LogP contribution in [0.25, 0.3) is 0 Å². The lowest BCUT2D eigenvalue weighted by Gasteiger charge is -2.05. The van der Waals surface area contributed by atoms with E-state index in [0.29, 0.717) is 5.71 Å². The summed E-state index contributed by atoms with van der Waals surface area (Å²) < 4.78 is 1.20. The molecule has 130 valence electrons. The molecule has 0 saturated heterocycles. The number of hydrogen-bond donors (Lipinski definition) is 1. The number of benzene rings is 1. The Labute approximate surface area is 140 Å². The molecule has 2 aromatic rings. The molecule has 0 spiro atoms. The van der Waals surface area contributed by atoms with Gasteiger partial charge in [0.25, 0.3) is 11.6 Å². The van der Waals surface area contributed by atoms with Crippen molar-refractivity contribution in [1.29, 1.82) is 0 Å². The number of nitro groups is 2. The van der Waals surface area contributed by atoms with Gasteiger partial charge >= 0.3 is 5.95 Å². The number of aromatic nitrogens is 3. The Morgan fingerprint density at radius 2 is 2.04 bits per heavy atom. The number of nitro benzene ring substituents is 1. The number of rotatable bonds is 6. The molecule has 0 unspecified atom stereocenters. The van der Waals surface area contributed by atoms with E-state index in [1.807, 2.05) is 0 Å². The highest BCUT2D eigenvalue weighted by Gasteiger charge is 2.18. The molecule has 1 heterocycles. The van der Waals surface area contributed by atoms with Gasteiger partial charge in [-0.1, -0.05) is 11.1 Å². The molecule has 0 aliphatic heterocycles. The Balaban J connectivity index is 2.07. The van der Waals surface area contributed by atoms with Crippen LogP contribution >= 0.6 is 0 Å². The molecule has 0 bridgehead atoms. The van der Waals surface area contributed by atoms with Gasteiger partial charge in [0.1, 0.15) is 0 Å². The summed E-state index contributed by atoms with van der Waals surface area (Å²) in [5, 5.41) is 28.9. The Morgan fingerprint density at radius 1 is 1.32 bits per heavy atom. The summed E-state index contributed by atoms with van der Waals surface area (Å²) in [5.74, 6) is -1.14. The van der Waals surface area contributed by atoms with E-state index in [1.54, 1.807) is 6.92 Å². The maximum absolute atomic E-state index is 12.1. The van der Waals surface area contributed by atoms with Crippen molar-refractivity contribution in [3.05, 3.63) is 55.9 Å². The molecular weight excluding hydrogens is 334 g/mol. The van der Waals surface area contributed by atoms with E-state index in [9.17, 15) is 25.0 Å². The fraction of sp³-hybridized carbons (Fsp3) is 0.231. The average molecular weight is 347 g/mol. The summed E-state index contributed by atoms with van der Waals surface area (Å²) in [4.78, 5) is 35.7. The topological polar surface area (TPSA) is 158 Å². The van der Waals surface area contributed by atoms with Crippen molar-refractivity contribution < 1.29 is 14.6 Å². The van der Waals surface area contributed by atoms with Gasteiger partial charge in [-0.05, 0) is 24.8 Å². The van der Waals surface area contributed by atoms with Gasteiger partial charge in [-0.3, -0.25) is 14.9 Å². The first kappa shape index (κ1) is 17.7. The summed E-state index contributed by atoms with van der Waals surface area (Å²) in [7, 11) is 0. The lowest BCUT2D eigenvalue weighted by molar-refractivity contribution is -0.394. The second kappa shape index (κ2) is 7.25. The number of carbonyl (C=O) groups excluding carboxylic acids is 1. The van der Waals surface area contributed by atoms with Gasteiger partial charge in [0.15, 0.2) is 0 Å². The molecule has 12 nitrogen and oxygen atoms in total. The molecular formula is C13H13N7O5. The largest absolute Gasteiger partial charge is 0.490 e. The molecule has 1 aromatic heterocycles. The Morgan fingerprint density at radius 3 is 2.64 bits per heavy atom. The number of nitrogens with one attached hydrogen (secondary N) is 1. The van der Waals surface area contributed by atoms with E-state index in [1.165, 1.54) is 36.1 Å². The summed E-state index contributed by atoms with van der Waals surface area (Å²) >= 11 is 0. The standard InChI is InChI=1S/C13H13N7O5/c1-8(6-18-7-14-13(17-18)20(24)25)15-16-12(21)10-4-3-5-11(9(10)2)19(22)23/h3-5,7H,6H2,1-2H3,(H,16,21). The molecule has 0 aliphatic carbocycles. The zero-order chi connectivity index (χ0) is 18.6. The van der Waals surface area contributed by atoms with Crippen LogP contribution in [0, 0.1) is 27.2 Å². The van der Waals surface area contributed by atoms with Crippen molar-refractivity contribution in [2.45, 2.75) is 20.4 Å². The van der Waals surface area contributed by atoms with Crippen molar-refractivity contribution in [3.8, 4) is 0 Å². The van der Waals surface area contributed by atoms with Gasteiger partial charge in [-0.2, -0.15) is 9.78 Å². The quantitative estimate of drug-likeness (QED) is 0.467. The molecule has 0 fully saturated rings. The zero-order valence-electron chi connectivity index (χ0n) is 13.2. The van der Waals surface area contributed by atoms with Gasteiger partial charge in [0.05, 0.1) is 22.7 Å². The highest BCUT2D eigenvalue weighted by Crippen LogP contribution is 2.20. The Hall–Kier alpha value is -3.70. The Kier molecular flexibility index (Phi) is 5.12. The number of carbonyl (C=O) groups is 1. The van der Waals surface area contributed by atoms with Crippen molar-refractivity contribution >= 4 is 23.3 Å². The predicted octanol–water partition coefficient (Wildman–Crippen LogP) is 1.21. The van der Waals surface area contributed by atoms with Crippen molar-refractivity contribution in [3.63, 3.8) is 0 Å². The van der Waals surface area contributed by atoms with Crippen LogP contribution in [0.1, 0.15) is 22.8 Å². The second-order valence-corrected chi connectivity index (χ2v) is 4.99. The monoisotopic (exact) mass is 347 g/mol. The minimum atomic E-state index is -0.726. The minimum Gasteiger partial charge on any atom is -0.390 e. The first-order valence-electron chi connectivity index (χ1n) is 6.91. The first-order valence-corrected chi connectivity index (χ1v) is 6.91.